The summed E-state index contributed by atoms with van der Waals surface area (Å²) in [6, 6.07) is 2.17. The van der Waals surface area contributed by atoms with Crippen LogP contribution >= 0.6 is 43.2 Å². The molecule has 5 heteroatoms. The molecule has 1 rings (SSSR count). The first-order valence-corrected chi connectivity index (χ1v) is 8.63. The van der Waals surface area contributed by atoms with Gasteiger partial charge in [0.1, 0.15) is 0 Å². The molecule has 0 aromatic carbocycles. The van der Waals surface area contributed by atoms with Crippen LogP contribution in [0.1, 0.15) is 44.6 Å². The Kier molecular flexibility index (Phi) is 8.18. The predicted octanol–water partition coefficient (Wildman–Crippen LogP) is 5.33. The number of rotatable bonds is 8. The number of carbonyl (C=O) groups is 1. The highest BCUT2D eigenvalue weighted by atomic mass is 79.9. The number of carbonyl (C=O) groups excluding carboxylic acids is 1. The number of thiophene rings is 1. The first-order valence-electron chi connectivity index (χ1n) is 6.22. The first kappa shape index (κ1) is 16.2. The van der Waals surface area contributed by atoms with Crippen LogP contribution in [0.2, 0.25) is 0 Å². The number of unbranched alkanes of at least 4 members (excludes halogenated alkanes) is 3. The quantitative estimate of drug-likeness (QED) is 0.437. The summed E-state index contributed by atoms with van der Waals surface area (Å²) in [4.78, 5) is 11.1. The van der Waals surface area contributed by atoms with Gasteiger partial charge in [0, 0.05) is 6.42 Å². The van der Waals surface area contributed by atoms with E-state index in [1.807, 2.05) is 6.92 Å². The Morgan fingerprint density at radius 1 is 1.28 bits per heavy atom. The van der Waals surface area contributed by atoms with Crippen LogP contribution < -0.4 is 0 Å². The lowest BCUT2D eigenvalue weighted by molar-refractivity contribution is -0.143. The summed E-state index contributed by atoms with van der Waals surface area (Å²) in [5.74, 6) is -0.0676. The summed E-state index contributed by atoms with van der Waals surface area (Å²) < 4.78 is 7.28. The van der Waals surface area contributed by atoms with Crippen LogP contribution in [0.4, 0.5) is 0 Å². The average Bonchev–Trinajstić information content (AvgIpc) is 2.62. The standard InChI is InChI=1S/C13H18Br2O2S/c1-2-17-12(16)8-6-4-3-5-7-10-9-11(14)18-13(10)15/h9H,2-8H2,1H3. The van der Waals surface area contributed by atoms with Gasteiger partial charge in [0.2, 0.25) is 0 Å². The van der Waals surface area contributed by atoms with Crippen LogP contribution in [-0.2, 0) is 16.0 Å². The molecule has 0 amide bonds. The lowest BCUT2D eigenvalue weighted by Gasteiger charge is -2.02. The summed E-state index contributed by atoms with van der Waals surface area (Å²) in [6.07, 6.45) is 6.03. The normalized spacial score (nSPS) is 10.6. The summed E-state index contributed by atoms with van der Waals surface area (Å²) >= 11 is 8.77. The number of halogens is 2. The van der Waals surface area contributed by atoms with Crippen molar-refractivity contribution in [2.45, 2.75) is 45.4 Å². The zero-order valence-electron chi connectivity index (χ0n) is 10.5. The minimum atomic E-state index is -0.0676. The Bertz CT molecular complexity index is 377. The van der Waals surface area contributed by atoms with Crippen molar-refractivity contribution < 1.29 is 9.53 Å². The third kappa shape index (κ3) is 6.34. The third-order valence-electron chi connectivity index (χ3n) is 2.61. The molecule has 1 aromatic rings. The van der Waals surface area contributed by atoms with Gasteiger partial charge in [0.15, 0.2) is 0 Å². The SMILES string of the molecule is CCOC(=O)CCCCCCc1cc(Br)sc1Br. The molecule has 0 aliphatic rings. The van der Waals surface area contributed by atoms with Crippen LogP contribution in [0, 0.1) is 0 Å². The topological polar surface area (TPSA) is 26.3 Å². The zero-order chi connectivity index (χ0) is 13.4. The van der Waals surface area contributed by atoms with Crippen LogP contribution in [-0.4, -0.2) is 12.6 Å². The van der Waals surface area contributed by atoms with Gasteiger partial charge in [-0.25, -0.2) is 0 Å². The fourth-order valence-corrected chi connectivity index (χ4v) is 4.63. The Labute approximate surface area is 129 Å². The van der Waals surface area contributed by atoms with Crippen LogP contribution in [0.3, 0.4) is 0 Å². The molecule has 0 fully saturated rings. The number of hydrogen-bond donors (Lipinski definition) is 0. The molecule has 1 heterocycles. The maximum atomic E-state index is 11.1. The highest BCUT2D eigenvalue weighted by molar-refractivity contribution is 9.12. The Morgan fingerprint density at radius 3 is 2.61 bits per heavy atom. The van der Waals surface area contributed by atoms with E-state index in [0.717, 1.165) is 19.3 Å². The first-order chi connectivity index (χ1) is 8.63. The second-order valence-corrected chi connectivity index (χ2v) is 7.82. The van der Waals surface area contributed by atoms with Crippen LogP contribution in [0.15, 0.2) is 13.6 Å². The van der Waals surface area contributed by atoms with Crippen LogP contribution in [0.5, 0.6) is 0 Å². The van der Waals surface area contributed by atoms with Gasteiger partial charge in [0.25, 0.3) is 0 Å². The van der Waals surface area contributed by atoms with Crippen molar-refractivity contribution in [3.05, 3.63) is 19.2 Å². The Hall–Kier alpha value is 0.130. The maximum absolute atomic E-state index is 11.1. The molecule has 2 nitrogen and oxygen atoms in total. The summed E-state index contributed by atoms with van der Waals surface area (Å²) in [5, 5.41) is 0. The summed E-state index contributed by atoms with van der Waals surface area (Å²) in [5.41, 5.74) is 1.37. The predicted molar refractivity (Wildman–Crippen MR) is 83.1 cm³/mol. The molecular formula is C13H18Br2O2S. The van der Waals surface area contributed by atoms with Crippen molar-refractivity contribution in [3.63, 3.8) is 0 Å². The zero-order valence-corrected chi connectivity index (χ0v) is 14.5. The highest BCUT2D eigenvalue weighted by Gasteiger charge is 2.05. The molecule has 0 spiro atoms. The third-order valence-corrected chi connectivity index (χ3v) is 5.07. The van der Waals surface area contributed by atoms with Gasteiger partial charge in [-0.3, -0.25) is 4.79 Å². The van der Waals surface area contributed by atoms with E-state index in [1.54, 1.807) is 11.3 Å². The fourth-order valence-electron chi connectivity index (χ4n) is 1.72. The maximum Gasteiger partial charge on any atom is 0.305 e. The average molecular weight is 398 g/mol. The summed E-state index contributed by atoms with van der Waals surface area (Å²) in [7, 11) is 0. The van der Waals surface area contributed by atoms with Gasteiger partial charge in [-0.05, 0) is 69.7 Å². The molecule has 0 N–H and O–H groups in total. The van der Waals surface area contributed by atoms with Gasteiger partial charge in [-0.1, -0.05) is 12.8 Å². The minimum Gasteiger partial charge on any atom is -0.466 e. The van der Waals surface area contributed by atoms with Crippen molar-refractivity contribution in [1.82, 2.24) is 0 Å². The lowest BCUT2D eigenvalue weighted by atomic mass is 10.1. The molecule has 0 bridgehead atoms. The van der Waals surface area contributed by atoms with E-state index in [-0.39, 0.29) is 5.97 Å². The van der Waals surface area contributed by atoms with E-state index < -0.39 is 0 Å². The molecule has 0 atom stereocenters. The van der Waals surface area contributed by atoms with E-state index in [9.17, 15) is 4.79 Å². The van der Waals surface area contributed by atoms with Crippen molar-refractivity contribution in [3.8, 4) is 0 Å². The van der Waals surface area contributed by atoms with E-state index >= 15 is 0 Å². The lowest BCUT2D eigenvalue weighted by Crippen LogP contribution is -2.03. The van der Waals surface area contributed by atoms with Crippen molar-refractivity contribution in [2.24, 2.45) is 0 Å². The smallest absolute Gasteiger partial charge is 0.305 e. The summed E-state index contributed by atoms with van der Waals surface area (Å²) in [6.45, 7) is 2.33. The van der Waals surface area contributed by atoms with Crippen molar-refractivity contribution >= 4 is 49.2 Å². The number of ether oxygens (including phenoxy) is 1. The van der Waals surface area contributed by atoms with Gasteiger partial charge < -0.3 is 4.74 Å². The largest absolute Gasteiger partial charge is 0.466 e. The van der Waals surface area contributed by atoms with Gasteiger partial charge in [0.05, 0.1) is 14.2 Å². The monoisotopic (exact) mass is 396 g/mol. The van der Waals surface area contributed by atoms with Crippen LogP contribution in [0.25, 0.3) is 0 Å². The molecule has 102 valence electrons. The molecule has 0 aliphatic carbocycles. The molecule has 18 heavy (non-hydrogen) atoms. The van der Waals surface area contributed by atoms with Gasteiger partial charge in [-0.15, -0.1) is 11.3 Å². The number of esters is 1. The van der Waals surface area contributed by atoms with E-state index in [1.165, 1.54) is 26.0 Å². The molecule has 0 radical (unpaired) electrons. The van der Waals surface area contributed by atoms with Gasteiger partial charge in [-0.2, -0.15) is 0 Å². The van der Waals surface area contributed by atoms with Crippen molar-refractivity contribution in [2.75, 3.05) is 6.61 Å². The van der Waals surface area contributed by atoms with E-state index in [4.69, 9.17) is 4.74 Å². The number of hydrogen-bond acceptors (Lipinski definition) is 3. The number of aryl methyl sites for hydroxylation is 1. The Morgan fingerprint density at radius 2 is 2.00 bits per heavy atom. The molecule has 0 saturated heterocycles. The molecule has 0 saturated carbocycles. The van der Waals surface area contributed by atoms with E-state index in [0.29, 0.717) is 13.0 Å². The molecular weight excluding hydrogens is 380 g/mol. The second-order valence-electron chi connectivity index (χ2n) is 4.07. The molecule has 1 aromatic heterocycles. The van der Waals surface area contributed by atoms with Crippen molar-refractivity contribution in [1.29, 1.82) is 0 Å². The molecule has 0 unspecified atom stereocenters. The van der Waals surface area contributed by atoms with Gasteiger partial charge >= 0.3 is 5.97 Å². The highest BCUT2D eigenvalue weighted by Crippen LogP contribution is 2.32. The fraction of sp³-hybridized carbons (Fsp3) is 0.615. The minimum absolute atomic E-state index is 0.0676. The molecule has 0 aliphatic heterocycles. The Balaban J connectivity index is 2.05. The second kappa shape index (κ2) is 9.10. The van der Waals surface area contributed by atoms with E-state index in [2.05, 4.69) is 37.9 Å².